The number of nitrogen functional groups attached to an aromatic ring is 1. The van der Waals surface area contributed by atoms with Crippen molar-refractivity contribution in [1.29, 1.82) is 5.41 Å². The smallest absolute Gasteiger partial charge is 0.122 e. The lowest BCUT2D eigenvalue weighted by Gasteiger charge is -2.37. The van der Waals surface area contributed by atoms with E-state index in [1.807, 2.05) is 30.3 Å². The van der Waals surface area contributed by atoms with E-state index in [0.717, 1.165) is 40.4 Å². The highest BCUT2D eigenvalue weighted by atomic mass is 15.1. The molecule has 0 aliphatic carbocycles. The van der Waals surface area contributed by atoms with Crippen LogP contribution in [0, 0.1) is 23.2 Å². The Balaban J connectivity index is 1.65. The van der Waals surface area contributed by atoms with Crippen LogP contribution in [-0.4, -0.2) is 24.3 Å². The summed E-state index contributed by atoms with van der Waals surface area (Å²) < 4.78 is 0. The Bertz CT molecular complexity index is 1150. The second kappa shape index (κ2) is 7.73. The third-order valence-electron chi connectivity index (χ3n) is 5.81. The predicted molar refractivity (Wildman–Crippen MR) is 121 cm³/mol. The molecule has 3 N–H and O–H groups in total. The number of hydrogen-bond donors (Lipinski definition) is 2. The molecule has 0 saturated heterocycles. The van der Waals surface area contributed by atoms with Crippen molar-refractivity contribution in [2.75, 3.05) is 13.6 Å². The maximum absolute atomic E-state index is 7.59. The average molecular weight is 382 g/mol. The summed E-state index contributed by atoms with van der Waals surface area (Å²) >= 11 is 0. The third-order valence-corrected chi connectivity index (χ3v) is 5.81. The maximum atomic E-state index is 7.59. The highest BCUT2D eigenvalue weighted by Gasteiger charge is 2.27. The molecule has 0 spiro atoms. The van der Waals surface area contributed by atoms with Crippen LogP contribution < -0.4 is 5.73 Å². The van der Waals surface area contributed by atoms with Gasteiger partial charge in [0.1, 0.15) is 5.84 Å². The van der Waals surface area contributed by atoms with Gasteiger partial charge in [0, 0.05) is 29.3 Å². The fourth-order valence-electron chi connectivity index (χ4n) is 4.35. The highest BCUT2D eigenvalue weighted by molar-refractivity contribution is 5.99. The van der Waals surface area contributed by atoms with Crippen LogP contribution in [0.5, 0.6) is 0 Å². The fraction of sp³-hybridized carbons (Fsp3) is 0.269. The van der Waals surface area contributed by atoms with Crippen LogP contribution in [0.3, 0.4) is 0 Å². The molecule has 3 aromatic carbocycles. The Morgan fingerprint density at radius 1 is 1.00 bits per heavy atom. The Labute approximate surface area is 173 Å². The molecule has 1 unspecified atom stereocenters. The maximum Gasteiger partial charge on any atom is 0.122 e. The van der Waals surface area contributed by atoms with E-state index in [4.69, 9.17) is 11.1 Å². The van der Waals surface area contributed by atoms with E-state index in [1.54, 1.807) is 0 Å². The molecule has 29 heavy (non-hydrogen) atoms. The van der Waals surface area contributed by atoms with Crippen LogP contribution in [0.2, 0.25) is 0 Å². The van der Waals surface area contributed by atoms with Gasteiger partial charge in [-0.15, -0.1) is 0 Å². The van der Waals surface area contributed by atoms with Gasteiger partial charge in [0.15, 0.2) is 0 Å². The van der Waals surface area contributed by atoms with E-state index in [-0.39, 0.29) is 5.84 Å². The standard InChI is InChI=1S/C26H27N3/c1-17(2)25-24-15-19(6-8-20(24)12-13-29(25)3)5-4-18-7-9-22-16-23(26(27)28)11-10-21(22)14-18/h6-11,14-17,25H,12-13H2,1-3H3,(H3,27,28). The first kappa shape index (κ1) is 19.2. The molecule has 1 atom stereocenters. The number of amidine groups is 1. The van der Waals surface area contributed by atoms with Crippen LogP contribution in [-0.2, 0) is 6.42 Å². The van der Waals surface area contributed by atoms with Crippen molar-refractivity contribution in [2.45, 2.75) is 26.3 Å². The van der Waals surface area contributed by atoms with Gasteiger partial charge in [0.05, 0.1) is 0 Å². The minimum absolute atomic E-state index is 0.0912. The molecular formula is C26H27N3. The van der Waals surface area contributed by atoms with Gasteiger partial charge in [0.25, 0.3) is 0 Å². The molecule has 3 heteroatoms. The zero-order valence-electron chi connectivity index (χ0n) is 17.3. The summed E-state index contributed by atoms with van der Waals surface area (Å²) in [5.74, 6) is 7.34. The summed E-state index contributed by atoms with van der Waals surface area (Å²) in [6.07, 6.45) is 1.11. The summed E-state index contributed by atoms with van der Waals surface area (Å²) in [4.78, 5) is 2.46. The molecule has 0 saturated carbocycles. The second-order valence-electron chi connectivity index (χ2n) is 8.27. The first-order chi connectivity index (χ1) is 13.9. The van der Waals surface area contributed by atoms with Gasteiger partial charge >= 0.3 is 0 Å². The first-order valence-corrected chi connectivity index (χ1v) is 10.2. The van der Waals surface area contributed by atoms with E-state index in [0.29, 0.717) is 12.0 Å². The van der Waals surface area contributed by atoms with Crippen LogP contribution in [0.1, 0.15) is 47.7 Å². The van der Waals surface area contributed by atoms with Crippen molar-refractivity contribution in [3.8, 4) is 11.8 Å². The Morgan fingerprint density at radius 3 is 2.38 bits per heavy atom. The van der Waals surface area contributed by atoms with Crippen LogP contribution in [0.25, 0.3) is 10.8 Å². The lowest BCUT2D eigenvalue weighted by atomic mass is 9.85. The van der Waals surface area contributed by atoms with Gasteiger partial charge in [-0.25, -0.2) is 0 Å². The SMILES string of the molecule is CC(C)C1c2cc(C#Cc3ccc4cc(C(=N)N)ccc4c3)ccc2CCN1C. The number of benzene rings is 3. The average Bonchev–Trinajstić information content (AvgIpc) is 2.71. The number of fused-ring (bicyclic) bond motifs is 2. The molecule has 0 amide bonds. The van der Waals surface area contributed by atoms with E-state index in [9.17, 15) is 0 Å². The van der Waals surface area contributed by atoms with E-state index in [2.05, 4.69) is 61.9 Å². The van der Waals surface area contributed by atoms with Gasteiger partial charge in [0.2, 0.25) is 0 Å². The monoisotopic (exact) mass is 381 g/mol. The normalized spacial score (nSPS) is 16.3. The van der Waals surface area contributed by atoms with Crippen molar-refractivity contribution in [3.63, 3.8) is 0 Å². The van der Waals surface area contributed by atoms with Crippen LogP contribution in [0.15, 0.2) is 54.6 Å². The minimum atomic E-state index is 0.0912. The van der Waals surface area contributed by atoms with Gasteiger partial charge in [-0.3, -0.25) is 10.3 Å². The zero-order valence-corrected chi connectivity index (χ0v) is 17.3. The minimum Gasteiger partial charge on any atom is -0.384 e. The van der Waals surface area contributed by atoms with Crippen LogP contribution in [0.4, 0.5) is 0 Å². The summed E-state index contributed by atoms with van der Waals surface area (Å²) in [5, 5.41) is 9.76. The van der Waals surface area contributed by atoms with Gasteiger partial charge in [-0.05, 0) is 71.6 Å². The number of nitrogens with two attached hydrogens (primary N) is 1. The number of hydrogen-bond acceptors (Lipinski definition) is 2. The fourth-order valence-corrected chi connectivity index (χ4v) is 4.35. The molecule has 0 aromatic heterocycles. The first-order valence-electron chi connectivity index (χ1n) is 10.2. The summed E-state index contributed by atoms with van der Waals surface area (Å²) in [5.41, 5.74) is 11.3. The molecule has 0 fully saturated rings. The van der Waals surface area contributed by atoms with Crippen molar-refractivity contribution in [1.82, 2.24) is 4.90 Å². The van der Waals surface area contributed by atoms with Crippen LogP contribution >= 0.6 is 0 Å². The van der Waals surface area contributed by atoms with Crippen molar-refractivity contribution < 1.29 is 0 Å². The quantitative estimate of drug-likeness (QED) is 0.384. The molecule has 146 valence electrons. The molecule has 4 rings (SSSR count). The van der Waals surface area contributed by atoms with Crippen molar-refractivity contribution in [2.24, 2.45) is 11.7 Å². The van der Waals surface area contributed by atoms with E-state index in [1.165, 1.54) is 11.1 Å². The molecule has 1 aliphatic rings. The molecule has 0 radical (unpaired) electrons. The number of rotatable bonds is 2. The van der Waals surface area contributed by atoms with E-state index >= 15 is 0 Å². The Kier molecular flexibility index (Phi) is 5.13. The number of nitrogens with one attached hydrogen (secondary N) is 1. The highest BCUT2D eigenvalue weighted by Crippen LogP contribution is 2.34. The lowest BCUT2D eigenvalue weighted by Crippen LogP contribution is -2.35. The second-order valence-corrected chi connectivity index (χ2v) is 8.27. The van der Waals surface area contributed by atoms with Gasteiger partial charge in [-0.2, -0.15) is 0 Å². The third kappa shape index (κ3) is 3.90. The summed E-state index contributed by atoms with van der Waals surface area (Å²) in [7, 11) is 2.22. The molecular weight excluding hydrogens is 354 g/mol. The molecule has 1 aliphatic heterocycles. The zero-order chi connectivity index (χ0) is 20.5. The summed E-state index contributed by atoms with van der Waals surface area (Å²) in [6, 6.07) is 19.1. The molecule has 1 heterocycles. The number of likely N-dealkylation sites (N-methyl/N-ethyl adjacent to an activating group) is 1. The van der Waals surface area contributed by atoms with Gasteiger partial charge in [-0.1, -0.05) is 50.0 Å². The van der Waals surface area contributed by atoms with Gasteiger partial charge < -0.3 is 5.73 Å². The Morgan fingerprint density at radius 2 is 1.66 bits per heavy atom. The number of nitrogens with zero attached hydrogens (tertiary/aromatic N) is 1. The molecule has 0 bridgehead atoms. The van der Waals surface area contributed by atoms with E-state index < -0.39 is 0 Å². The van der Waals surface area contributed by atoms with Crippen molar-refractivity contribution >= 4 is 16.6 Å². The predicted octanol–water partition coefficient (Wildman–Crippen LogP) is 4.71. The van der Waals surface area contributed by atoms with Crippen molar-refractivity contribution in [3.05, 3.63) is 82.4 Å². The topological polar surface area (TPSA) is 53.1 Å². The summed E-state index contributed by atoms with van der Waals surface area (Å²) in [6.45, 7) is 5.70. The molecule has 3 nitrogen and oxygen atoms in total. The Hall–Kier alpha value is -3.09. The lowest BCUT2D eigenvalue weighted by molar-refractivity contribution is 0.181. The molecule has 3 aromatic rings. The largest absolute Gasteiger partial charge is 0.384 e.